The van der Waals surface area contributed by atoms with Gasteiger partial charge in [-0.3, -0.25) is 0 Å². The molecule has 1 aliphatic carbocycles. The monoisotopic (exact) mass is 278 g/mol. The number of alkyl halides is 6. The highest BCUT2D eigenvalue weighted by molar-refractivity contribution is 5.04. The number of hydrogen-bond acceptors (Lipinski definition) is 1. The normalized spacial score (nSPS) is 30.8. The molecule has 7 heteroatoms. The first-order valence-corrected chi connectivity index (χ1v) is 5.82. The summed E-state index contributed by atoms with van der Waals surface area (Å²) in [6.07, 6.45) is -10.9. The molecule has 0 aliphatic heterocycles. The van der Waals surface area contributed by atoms with Crippen LogP contribution in [0.25, 0.3) is 0 Å². The minimum absolute atomic E-state index is 0.203. The highest BCUT2D eigenvalue weighted by Gasteiger charge is 2.74. The molecule has 0 bridgehead atoms. The molecule has 1 aliphatic rings. The van der Waals surface area contributed by atoms with Gasteiger partial charge in [-0.1, -0.05) is 20.3 Å². The van der Waals surface area contributed by atoms with Crippen LogP contribution in [-0.2, 0) is 0 Å². The minimum atomic E-state index is -5.70. The maximum absolute atomic E-state index is 12.7. The SMILES string of the molecule is CCC1CCC(C(O)(C(F)(F)F)C(F)(F)F)C1C. The zero-order valence-corrected chi connectivity index (χ0v) is 10.1. The van der Waals surface area contributed by atoms with Crippen LogP contribution in [0.5, 0.6) is 0 Å². The van der Waals surface area contributed by atoms with Gasteiger partial charge in [-0.05, 0) is 24.7 Å². The van der Waals surface area contributed by atoms with Gasteiger partial charge in [0.15, 0.2) is 0 Å². The Morgan fingerprint density at radius 3 is 1.72 bits per heavy atom. The second-order valence-corrected chi connectivity index (χ2v) is 4.97. The lowest BCUT2D eigenvalue weighted by molar-refractivity contribution is -0.387. The molecule has 0 amide bonds. The van der Waals surface area contributed by atoms with Crippen molar-refractivity contribution >= 4 is 0 Å². The van der Waals surface area contributed by atoms with Crippen molar-refractivity contribution < 1.29 is 31.4 Å². The van der Waals surface area contributed by atoms with Crippen LogP contribution in [0.4, 0.5) is 26.3 Å². The molecule has 0 heterocycles. The van der Waals surface area contributed by atoms with Crippen molar-refractivity contribution in [3.63, 3.8) is 0 Å². The van der Waals surface area contributed by atoms with Crippen LogP contribution >= 0.6 is 0 Å². The van der Waals surface area contributed by atoms with Crippen LogP contribution in [0.2, 0.25) is 0 Å². The first-order valence-electron chi connectivity index (χ1n) is 5.82. The molecule has 1 nitrogen and oxygen atoms in total. The molecule has 0 aromatic carbocycles. The van der Waals surface area contributed by atoms with Crippen molar-refractivity contribution in [2.24, 2.45) is 17.8 Å². The summed E-state index contributed by atoms with van der Waals surface area (Å²) in [5.74, 6) is -2.82. The molecule has 1 fully saturated rings. The molecule has 3 atom stereocenters. The summed E-state index contributed by atoms with van der Waals surface area (Å²) in [6.45, 7) is 3.08. The van der Waals surface area contributed by atoms with Gasteiger partial charge in [0.1, 0.15) is 0 Å². The van der Waals surface area contributed by atoms with Gasteiger partial charge < -0.3 is 5.11 Å². The third-order valence-electron chi connectivity index (χ3n) is 4.15. The van der Waals surface area contributed by atoms with E-state index in [1.807, 2.05) is 0 Å². The Kier molecular flexibility index (Phi) is 3.97. The van der Waals surface area contributed by atoms with Gasteiger partial charge in [0.05, 0.1) is 0 Å². The Morgan fingerprint density at radius 1 is 1.00 bits per heavy atom. The number of hydrogen-bond donors (Lipinski definition) is 1. The summed E-state index contributed by atoms with van der Waals surface area (Å²) in [4.78, 5) is 0. The standard InChI is InChI=1S/C11H16F6O/c1-3-7-4-5-8(6(7)2)9(18,10(12,13)14)11(15,16)17/h6-8,18H,3-5H2,1-2H3. The van der Waals surface area contributed by atoms with E-state index in [2.05, 4.69) is 0 Å². The van der Waals surface area contributed by atoms with E-state index in [-0.39, 0.29) is 18.8 Å². The molecule has 1 rings (SSSR count). The second kappa shape index (κ2) is 4.58. The molecule has 0 aromatic heterocycles. The quantitative estimate of drug-likeness (QED) is 0.759. The summed E-state index contributed by atoms with van der Waals surface area (Å²) in [5.41, 5.74) is -4.59. The van der Waals surface area contributed by atoms with Crippen LogP contribution in [0.1, 0.15) is 33.1 Å². The summed E-state index contributed by atoms with van der Waals surface area (Å²) in [5, 5.41) is 9.32. The molecule has 108 valence electrons. The van der Waals surface area contributed by atoms with Gasteiger partial charge >= 0.3 is 12.4 Å². The molecular weight excluding hydrogens is 262 g/mol. The fourth-order valence-corrected chi connectivity index (χ4v) is 2.99. The number of aliphatic hydroxyl groups is 1. The Balaban J connectivity index is 3.15. The van der Waals surface area contributed by atoms with Crippen molar-refractivity contribution in [1.82, 2.24) is 0 Å². The minimum Gasteiger partial charge on any atom is -0.373 e. The molecule has 0 spiro atoms. The lowest BCUT2D eigenvalue weighted by Gasteiger charge is -2.39. The van der Waals surface area contributed by atoms with Gasteiger partial charge in [0, 0.05) is 5.92 Å². The largest absolute Gasteiger partial charge is 0.426 e. The average molecular weight is 278 g/mol. The first kappa shape index (κ1) is 15.6. The van der Waals surface area contributed by atoms with Gasteiger partial charge in [-0.15, -0.1) is 0 Å². The van der Waals surface area contributed by atoms with Gasteiger partial charge in [-0.2, -0.15) is 26.3 Å². The van der Waals surface area contributed by atoms with E-state index in [0.29, 0.717) is 6.42 Å². The van der Waals surface area contributed by atoms with E-state index in [9.17, 15) is 31.4 Å². The molecule has 3 unspecified atom stereocenters. The molecule has 0 radical (unpaired) electrons. The van der Waals surface area contributed by atoms with Crippen molar-refractivity contribution in [3.05, 3.63) is 0 Å². The molecule has 18 heavy (non-hydrogen) atoms. The maximum atomic E-state index is 12.7. The van der Waals surface area contributed by atoms with Crippen molar-refractivity contribution in [2.45, 2.75) is 51.1 Å². The van der Waals surface area contributed by atoms with Crippen molar-refractivity contribution in [1.29, 1.82) is 0 Å². The van der Waals surface area contributed by atoms with E-state index in [1.165, 1.54) is 6.92 Å². The fourth-order valence-electron chi connectivity index (χ4n) is 2.99. The predicted molar refractivity (Wildman–Crippen MR) is 52.7 cm³/mol. The average Bonchev–Trinajstić information content (AvgIpc) is 2.55. The lowest BCUT2D eigenvalue weighted by Crippen LogP contribution is -2.62. The summed E-state index contributed by atoms with van der Waals surface area (Å²) < 4.78 is 76.1. The van der Waals surface area contributed by atoms with Crippen LogP contribution in [0.15, 0.2) is 0 Å². The van der Waals surface area contributed by atoms with Gasteiger partial charge in [0.2, 0.25) is 0 Å². The van der Waals surface area contributed by atoms with Crippen molar-refractivity contribution in [2.75, 3.05) is 0 Å². The van der Waals surface area contributed by atoms with Crippen LogP contribution in [-0.4, -0.2) is 23.1 Å². The lowest BCUT2D eigenvalue weighted by atomic mass is 9.77. The zero-order valence-electron chi connectivity index (χ0n) is 10.1. The van der Waals surface area contributed by atoms with Crippen LogP contribution < -0.4 is 0 Å². The van der Waals surface area contributed by atoms with Gasteiger partial charge in [-0.25, -0.2) is 0 Å². The Labute approximate surface area is 101 Å². The molecule has 0 saturated heterocycles. The topological polar surface area (TPSA) is 20.2 Å². The predicted octanol–water partition coefficient (Wildman–Crippen LogP) is 3.91. The van der Waals surface area contributed by atoms with E-state index < -0.39 is 29.8 Å². The Bertz CT molecular complexity index is 281. The highest BCUT2D eigenvalue weighted by atomic mass is 19.4. The molecule has 1 N–H and O–H groups in total. The Morgan fingerprint density at radius 2 is 1.44 bits per heavy atom. The fraction of sp³-hybridized carbons (Fsp3) is 1.00. The molecule has 0 aromatic rings. The number of rotatable bonds is 2. The van der Waals surface area contributed by atoms with E-state index >= 15 is 0 Å². The maximum Gasteiger partial charge on any atom is 0.426 e. The van der Waals surface area contributed by atoms with Gasteiger partial charge in [0.25, 0.3) is 5.60 Å². The highest BCUT2D eigenvalue weighted by Crippen LogP contribution is 2.55. The van der Waals surface area contributed by atoms with Crippen molar-refractivity contribution in [3.8, 4) is 0 Å². The Hall–Kier alpha value is -0.460. The summed E-state index contributed by atoms with van der Waals surface area (Å²) in [7, 11) is 0. The third-order valence-corrected chi connectivity index (χ3v) is 4.15. The van der Waals surface area contributed by atoms with E-state index in [0.717, 1.165) is 0 Å². The van der Waals surface area contributed by atoms with Crippen LogP contribution in [0.3, 0.4) is 0 Å². The first-order chi connectivity index (χ1) is 7.96. The molecule has 1 saturated carbocycles. The van der Waals surface area contributed by atoms with Crippen LogP contribution in [0, 0.1) is 17.8 Å². The van der Waals surface area contributed by atoms with E-state index in [4.69, 9.17) is 0 Å². The third kappa shape index (κ3) is 2.21. The van der Waals surface area contributed by atoms with E-state index in [1.54, 1.807) is 6.92 Å². The smallest absolute Gasteiger partial charge is 0.373 e. The number of halogens is 6. The summed E-state index contributed by atoms with van der Waals surface area (Å²) >= 11 is 0. The zero-order chi connectivity index (χ0) is 14.4. The second-order valence-electron chi connectivity index (χ2n) is 4.97. The molecular formula is C11H16F6O. The summed E-state index contributed by atoms with van der Waals surface area (Å²) in [6, 6.07) is 0.